The number of rotatable bonds is 7. The van der Waals surface area contributed by atoms with Gasteiger partial charge in [0, 0.05) is 38.8 Å². The maximum Gasteiger partial charge on any atom is 0.240 e. The Morgan fingerprint density at radius 2 is 1.53 bits per heavy atom. The summed E-state index contributed by atoms with van der Waals surface area (Å²) in [6.07, 6.45) is 0. The zero-order chi connectivity index (χ0) is 23.5. The van der Waals surface area contributed by atoms with Gasteiger partial charge >= 0.3 is 0 Å². The predicted molar refractivity (Wildman–Crippen MR) is 131 cm³/mol. The molecule has 1 N–H and O–H groups in total. The molecule has 0 radical (unpaired) electrons. The van der Waals surface area contributed by atoms with Crippen LogP contribution in [0.2, 0.25) is 0 Å². The Morgan fingerprint density at radius 3 is 2.26 bits per heavy atom. The standard InChI is InChI=1S/C26H29N3O4S/c1-28-13-15-29(16-14-28)24(22-9-12-25-26(17-22)33-19-32-25)18-27-34(30,31)23-10-7-21(8-11-23)20-5-3-2-4-6-20/h2-12,17,24,27H,13-16,18-19H2,1H3/t24-/m0/s1. The third-order valence-corrected chi connectivity index (χ3v) is 7.94. The Hall–Kier alpha value is -2.91. The molecule has 2 aliphatic rings. The van der Waals surface area contributed by atoms with Gasteiger partial charge in [-0.1, -0.05) is 48.5 Å². The summed E-state index contributed by atoms with van der Waals surface area (Å²) >= 11 is 0. The second-order valence-electron chi connectivity index (χ2n) is 8.71. The molecule has 178 valence electrons. The van der Waals surface area contributed by atoms with Crippen molar-refractivity contribution in [1.82, 2.24) is 14.5 Å². The molecule has 0 amide bonds. The van der Waals surface area contributed by atoms with E-state index < -0.39 is 10.0 Å². The van der Waals surface area contributed by atoms with Crippen molar-refractivity contribution in [2.75, 3.05) is 46.6 Å². The van der Waals surface area contributed by atoms with Crippen molar-refractivity contribution in [1.29, 1.82) is 0 Å². The van der Waals surface area contributed by atoms with Crippen LogP contribution in [0.15, 0.2) is 77.7 Å². The van der Waals surface area contributed by atoms with E-state index >= 15 is 0 Å². The summed E-state index contributed by atoms with van der Waals surface area (Å²) < 4.78 is 40.2. The Labute approximate surface area is 201 Å². The van der Waals surface area contributed by atoms with Gasteiger partial charge in [0.05, 0.1) is 4.90 Å². The van der Waals surface area contributed by atoms with Crippen LogP contribution < -0.4 is 14.2 Å². The summed E-state index contributed by atoms with van der Waals surface area (Å²) in [6.45, 7) is 4.09. The highest BCUT2D eigenvalue weighted by atomic mass is 32.2. The van der Waals surface area contributed by atoms with Gasteiger partial charge < -0.3 is 14.4 Å². The third-order valence-electron chi connectivity index (χ3n) is 6.50. The van der Waals surface area contributed by atoms with Gasteiger partial charge in [0.15, 0.2) is 11.5 Å². The van der Waals surface area contributed by atoms with Crippen LogP contribution in [0.1, 0.15) is 11.6 Å². The second-order valence-corrected chi connectivity index (χ2v) is 10.5. The highest BCUT2D eigenvalue weighted by molar-refractivity contribution is 7.89. The van der Waals surface area contributed by atoms with Gasteiger partial charge in [0.2, 0.25) is 16.8 Å². The second kappa shape index (κ2) is 9.76. The van der Waals surface area contributed by atoms with Gasteiger partial charge in [0.1, 0.15) is 0 Å². The summed E-state index contributed by atoms with van der Waals surface area (Å²) in [5.74, 6) is 1.43. The highest BCUT2D eigenvalue weighted by Crippen LogP contribution is 2.35. The van der Waals surface area contributed by atoms with Crippen molar-refractivity contribution in [2.24, 2.45) is 0 Å². The Morgan fingerprint density at radius 1 is 0.853 bits per heavy atom. The summed E-state index contributed by atoms with van der Waals surface area (Å²) in [4.78, 5) is 4.87. The van der Waals surface area contributed by atoms with Crippen LogP contribution in [0.25, 0.3) is 11.1 Å². The fraction of sp³-hybridized carbons (Fsp3) is 0.308. The lowest BCUT2D eigenvalue weighted by molar-refractivity contribution is 0.112. The first-order chi connectivity index (χ1) is 16.5. The maximum atomic E-state index is 13.2. The molecular weight excluding hydrogens is 450 g/mol. The van der Waals surface area contributed by atoms with Crippen LogP contribution in [-0.4, -0.2) is 64.8 Å². The van der Waals surface area contributed by atoms with Crippen molar-refractivity contribution in [3.8, 4) is 22.6 Å². The molecule has 0 aliphatic carbocycles. The minimum atomic E-state index is -3.67. The molecule has 5 rings (SSSR count). The Bertz CT molecular complexity index is 1220. The molecule has 2 heterocycles. The number of nitrogens with zero attached hydrogens (tertiary/aromatic N) is 2. The number of hydrogen-bond acceptors (Lipinski definition) is 6. The van der Waals surface area contributed by atoms with E-state index in [1.165, 1.54) is 0 Å². The smallest absolute Gasteiger partial charge is 0.240 e. The van der Waals surface area contributed by atoms with Crippen LogP contribution in [0, 0.1) is 0 Å². The number of hydrogen-bond donors (Lipinski definition) is 1. The monoisotopic (exact) mass is 479 g/mol. The molecule has 3 aromatic rings. The van der Waals surface area contributed by atoms with Gasteiger partial charge in [-0.05, 0) is 48.0 Å². The summed E-state index contributed by atoms with van der Waals surface area (Å²) in [5.41, 5.74) is 3.04. The Kier molecular flexibility index (Phi) is 6.56. The normalized spacial score (nSPS) is 17.6. The van der Waals surface area contributed by atoms with Crippen LogP contribution in [0.3, 0.4) is 0 Å². The molecule has 0 bridgehead atoms. The van der Waals surface area contributed by atoms with Crippen molar-refractivity contribution >= 4 is 10.0 Å². The average molecular weight is 480 g/mol. The van der Waals surface area contributed by atoms with Gasteiger partial charge in [-0.2, -0.15) is 0 Å². The van der Waals surface area contributed by atoms with Gasteiger partial charge in [0.25, 0.3) is 0 Å². The first-order valence-corrected chi connectivity index (χ1v) is 13.0. The van der Waals surface area contributed by atoms with E-state index in [-0.39, 0.29) is 24.3 Å². The first kappa shape index (κ1) is 22.9. The number of fused-ring (bicyclic) bond motifs is 1. The molecule has 8 heteroatoms. The van der Waals surface area contributed by atoms with Crippen LogP contribution in [0.4, 0.5) is 0 Å². The number of nitrogens with one attached hydrogen (secondary N) is 1. The lowest BCUT2D eigenvalue weighted by atomic mass is 10.0. The molecule has 1 atom stereocenters. The van der Waals surface area contributed by atoms with Crippen LogP contribution in [0.5, 0.6) is 11.5 Å². The van der Waals surface area contributed by atoms with E-state index in [2.05, 4.69) is 21.6 Å². The van der Waals surface area contributed by atoms with Crippen molar-refractivity contribution in [3.05, 3.63) is 78.4 Å². The van der Waals surface area contributed by atoms with Gasteiger partial charge in [-0.3, -0.25) is 4.90 Å². The molecule has 0 unspecified atom stereocenters. The molecular formula is C26H29N3O4S. The van der Waals surface area contributed by atoms with Crippen molar-refractivity contribution in [3.63, 3.8) is 0 Å². The number of piperazine rings is 1. The lowest BCUT2D eigenvalue weighted by Crippen LogP contribution is -2.48. The summed E-state index contributed by atoms with van der Waals surface area (Å²) in [7, 11) is -1.56. The number of likely N-dealkylation sites (N-methyl/N-ethyl adjacent to an activating group) is 1. The highest BCUT2D eigenvalue weighted by Gasteiger charge is 2.27. The number of sulfonamides is 1. The topological polar surface area (TPSA) is 71.1 Å². The zero-order valence-corrected chi connectivity index (χ0v) is 20.0. The quantitative estimate of drug-likeness (QED) is 0.561. The molecule has 3 aromatic carbocycles. The molecule has 2 aliphatic heterocycles. The molecule has 0 saturated carbocycles. The van der Waals surface area contributed by atoms with E-state index in [0.717, 1.165) is 48.6 Å². The Balaban J connectivity index is 1.35. The van der Waals surface area contributed by atoms with E-state index in [9.17, 15) is 8.42 Å². The number of ether oxygens (including phenoxy) is 2. The van der Waals surface area contributed by atoms with E-state index in [4.69, 9.17) is 9.47 Å². The van der Waals surface area contributed by atoms with Gasteiger partial charge in [-0.25, -0.2) is 13.1 Å². The number of benzene rings is 3. The van der Waals surface area contributed by atoms with Crippen molar-refractivity contribution < 1.29 is 17.9 Å². The largest absolute Gasteiger partial charge is 0.454 e. The predicted octanol–water partition coefficient (Wildman–Crippen LogP) is 3.35. The van der Waals surface area contributed by atoms with Crippen molar-refractivity contribution in [2.45, 2.75) is 10.9 Å². The molecule has 34 heavy (non-hydrogen) atoms. The van der Waals surface area contributed by atoms with Crippen LogP contribution >= 0.6 is 0 Å². The minimum absolute atomic E-state index is 0.110. The van der Waals surface area contributed by atoms with Crippen LogP contribution in [-0.2, 0) is 10.0 Å². The molecule has 7 nitrogen and oxygen atoms in total. The summed E-state index contributed by atoms with van der Waals surface area (Å²) in [6, 6.07) is 22.7. The maximum absolute atomic E-state index is 13.2. The molecule has 0 spiro atoms. The molecule has 0 aromatic heterocycles. The lowest BCUT2D eigenvalue weighted by Gasteiger charge is -2.38. The van der Waals surface area contributed by atoms with Gasteiger partial charge in [-0.15, -0.1) is 0 Å². The summed E-state index contributed by atoms with van der Waals surface area (Å²) in [5, 5.41) is 0. The zero-order valence-electron chi connectivity index (χ0n) is 19.2. The van der Waals surface area contributed by atoms with E-state index in [1.807, 2.05) is 60.7 Å². The average Bonchev–Trinajstić information content (AvgIpc) is 3.34. The SMILES string of the molecule is CN1CCN([C@@H](CNS(=O)(=O)c2ccc(-c3ccccc3)cc2)c2ccc3c(c2)OCO3)CC1. The fourth-order valence-electron chi connectivity index (χ4n) is 4.44. The first-order valence-electron chi connectivity index (χ1n) is 11.5. The fourth-order valence-corrected chi connectivity index (χ4v) is 5.48. The van der Waals surface area contributed by atoms with E-state index in [0.29, 0.717) is 5.75 Å². The molecule has 1 saturated heterocycles. The minimum Gasteiger partial charge on any atom is -0.454 e. The molecule has 1 fully saturated rings. The van der Waals surface area contributed by atoms with E-state index in [1.54, 1.807) is 12.1 Å². The third kappa shape index (κ3) is 4.95.